The maximum absolute atomic E-state index is 13.3. The first-order valence-corrected chi connectivity index (χ1v) is 9.06. The van der Waals surface area contributed by atoms with Crippen molar-refractivity contribution in [2.24, 2.45) is 0 Å². The Balaban J connectivity index is 2.32. The van der Waals surface area contributed by atoms with E-state index in [2.05, 4.69) is 24.0 Å². The Morgan fingerprint density at radius 3 is 1.62 bits per heavy atom. The van der Waals surface area contributed by atoms with E-state index >= 15 is 0 Å². The van der Waals surface area contributed by atoms with Gasteiger partial charge in [0.2, 0.25) is 0 Å². The lowest BCUT2D eigenvalue weighted by molar-refractivity contribution is -0.271. The van der Waals surface area contributed by atoms with Crippen molar-refractivity contribution in [3.8, 4) is 5.75 Å². The summed E-state index contributed by atoms with van der Waals surface area (Å²) in [5.41, 5.74) is 6.51. The third-order valence-electron chi connectivity index (χ3n) is 4.74. The quantitative estimate of drug-likeness (QED) is 0.716. The van der Waals surface area contributed by atoms with Crippen molar-refractivity contribution in [1.82, 2.24) is 19.6 Å². The molecule has 0 N–H and O–H groups in total. The van der Waals surface area contributed by atoms with Gasteiger partial charge in [-0.15, -0.1) is 0 Å². The summed E-state index contributed by atoms with van der Waals surface area (Å²) in [6, 6.07) is 8.03. The van der Waals surface area contributed by atoms with Crippen molar-refractivity contribution in [2.75, 3.05) is 0 Å². The number of rotatable bonds is 4. The van der Waals surface area contributed by atoms with Gasteiger partial charge in [-0.3, -0.25) is 0 Å². The zero-order valence-corrected chi connectivity index (χ0v) is 16.7. The highest BCUT2D eigenvalue weighted by Crippen LogP contribution is 2.35. The van der Waals surface area contributed by atoms with Gasteiger partial charge < -0.3 is 5.11 Å². The van der Waals surface area contributed by atoms with Gasteiger partial charge in [-0.05, 0) is 58.2 Å². The molecule has 2 aromatic heterocycles. The summed E-state index contributed by atoms with van der Waals surface area (Å²) in [5, 5.41) is 22.7. The number of hydrogen-bond donors (Lipinski definition) is 0. The monoisotopic (exact) mass is 351 g/mol. The Hall–Kier alpha value is -2.56. The maximum Gasteiger partial charge on any atom is 0.168 e. The molecule has 0 unspecified atom stereocenters. The van der Waals surface area contributed by atoms with Crippen molar-refractivity contribution in [1.29, 1.82) is 0 Å². The Bertz CT molecular complexity index is 903. The van der Waals surface area contributed by atoms with Gasteiger partial charge in [-0.1, -0.05) is 42.9 Å². The van der Waals surface area contributed by atoms with Crippen LogP contribution in [0.25, 0.3) is 0 Å². The second-order valence-electron chi connectivity index (χ2n) is 7.54. The summed E-state index contributed by atoms with van der Waals surface area (Å²) in [5.74, 6) is 0.249. The van der Waals surface area contributed by atoms with Crippen molar-refractivity contribution in [2.45, 2.75) is 60.5 Å². The number of nitrogens with zero attached hydrogens (tertiary/aromatic N) is 4. The van der Waals surface area contributed by atoms with Crippen molar-refractivity contribution >= 4 is 0 Å². The molecular weight excluding hydrogens is 324 g/mol. The molecule has 3 rings (SSSR count). The topological polar surface area (TPSA) is 58.7 Å². The van der Waals surface area contributed by atoms with Crippen LogP contribution in [0.5, 0.6) is 5.75 Å². The van der Waals surface area contributed by atoms with Crippen LogP contribution in [0.2, 0.25) is 0 Å². The lowest BCUT2D eigenvalue weighted by Crippen LogP contribution is -2.25. The summed E-state index contributed by atoms with van der Waals surface area (Å²) in [4.78, 5) is 0. The van der Waals surface area contributed by atoms with Crippen LogP contribution in [0, 0.1) is 34.6 Å². The van der Waals surface area contributed by atoms with Crippen LogP contribution in [0.15, 0.2) is 24.3 Å². The van der Waals surface area contributed by atoms with E-state index in [1.54, 1.807) is 0 Å². The fourth-order valence-electron chi connectivity index (χ4n) is 3.61. The molecule has 2 heterocycles. The van der Waals surface area contributed by atoms with Crippen molar-refractivity contribution < 1.29 is 5.11 Å². The van der Waals surface area contributed by atoms with E-state index in [-0.39, 0.29) is 17.8 Å². The molecule has 5 nitrogen and oxygen atoms in total. The van der Waals surface area contributed by atoms with Gasteiger partial charge in [0.05, 0.1) is 11.4 Å². The number of aryl methyl sites for hydroxylation is 5. The van der Waals surface area contributed by atoms with Crippen LogP contribution >= 0.6 is 0 Å². The van der Waals surface area contributed by atoms with Crippen LogP contribution in [0.4, 0.5) is 0 Å². The Kier molecular flexibility index (Phi) is 4.65. The van der Waals surface area contributed by atoms with Crippen LogP contribution in [0.3, 0.4) is 0 Å². The molecule has 1 aromatic carbocycles. The van der Waals surface area contributed by atoms with E-state index in [0.717, 1.165) is 33.9 Å². The summed E-state index contributed by atoms with van der Waals surface area (Å²) in [7, 11) is 0. The van der Waals surface area contributed by atoms with Gasteiger partial charge in [0.25, 0.3) is 0 Å². The standard InChI is InChI=1S/C21H28N4O/c1-12(2)18-8-13(3)9-19(20(18)26)21(24-16(6)10-14(4)22-24)25-17(7)11-15(5)23-25/h8-12,21,26H,1-7H3/p-1. The second kappa shape index (κ2) is 6.63. The van der Waals surface area contributed by atoms with Gasteiger partial charge in [-0.2, -0.15) is 10.2 Å². The molecule has 0 atom stereocenters. The number of hydrogen-bond acceptors (Lipinski definition) is 3. The van der Waals surface area contributed by atoms with Crippen LogP contribution < -0.4 is 5.11 Å². The number of benzene rings is 1. The highest BCUT2D eigenvalue weighted by molar-refractivity contribution is 5.46. The summed E-state index contributed by atoms with van der Waals surface area (Å²) in [6.45, 7) is 14.1. The van der Waals surface area contributed by atoms with E-state index < -0.39 is 0 Å². The lowest BCUT2D eigenvalue weighted by atomic mass is 9.95. The molecule has 0 spiro atoms. The van der Waals surface area contributed by atoms with Crippen LogP contribution in [0.1, 0.15) is 65.4 Å². The normalized spacial score (nSPS) is 11.7. The average Bonchev–Trinajstić information content (AvgIpc) is 3.04. The zero-order valence-electron chi connectivity index (χ0n) is 16.7. The SMILES string of the molecule is Cc1cc(C(C)C)c([O-])c(C(n2nc(C)cc2C)n2nc(C)cc2C)c1. The summed E-state index contributed by atoms with van der Waals surface area (Å²) < 4.78 is 3.82. The molecule has 0 aliphatic heterocycles. The predicted octanol–water partition coefficient (Wildman–Crippen LogP) is 3.91. The van der Waals surface area contributed by atoms with E-state index in [0.29, 0.717) is 5.56 Å². The largest absolute Gasteiger partial charge is 0.872 e. The fourth-order valence-corrected chi connectivity index (χ4v) is 3.61. The molecule has 0 bridgehead atoms. The fraction of sp³-hybridized carbons (Fsp3) is 0.429. The highest BCUT2D eigenvalue weighted by Gasteiger charge is 2.24. The van der Waals surface area contributed by atoms with E-state index in [9.17, 15) is 5.11 Å². The Morgan fingerprint density at radius 1 is 0.769 bits per heavy atom. The van der Waals surface area contributed by atoms with Gasteiger partial charge in [0.1, 0.15) is 0 Å². The third kappa shape index (κ3) is 3.14. The molecule has 0 saturated heterocycles. The van der Waals surface area contributed by atoms with E-state index in [1.165, 1.54) is 0 Å². The smallest absolute Gasteiger partial charge is 0.168 e. The maximum atomic E-state index is 13.3. The molecular formula is C21H27N4O-. The second-order valence-corrected chi connectivity index (χ2v) is 7.54. The van der Waals surface area contributed by atoms with Gasteiger partial charge in [0, 0.05) is 11.4 Å². The zero-order chi connectivity index (χ0) is 19.2. The highest BCUT2D eigenvalue weighted by atomic mass is 16.3. The molecule has 5 heteroatoms. The molecule has 0 radical (unpaired) electrons. The summed E-state index contributed by atoms with van der Waals surface area (Å²) >= 11 is 0. The first kappa shape index (κ1) is 18.2. The predicted molar refractivity (Wildman–Crippen MR) is 102 cm³/mol. The first-order valence-electron chi connectivity index (χ1n) is 9.06. The lowest BCUT2D eigenvalue weighted by Gasteiger charge is -2.29. The van der Waals surface area contributed by atoms with Crippen molar-refractivity contribution in [3.63, 3.8) is 0 Å². The molecule has 0 amide bonds. The van der Waals surface area contributed by atoms with Crippen molar-refractivity contribution in [3.05, 3.63) is 63.7 Å². The molecule has 26 heavy (non-hydrogen) atoms. The molecule has 138 valence electrons. The molecule has 0 aliphatic carbocycles. The molecule has 0 aliphatic rings. The van der Waals surface area contributed by atoms with Gasteiger partial charge in [0.15, 0.2) is 6.17 Å². The molecule has 0 saturated carbocycles. The third-order valence-corrected chi connectivity index (χ3v) is 4.74. The van der Waals surface area contributed by atoms with Gasteiger partial charge in [-0.25, -0.2) is 9.36 Å². The van der Waals surface area contributed by atoms with E-state index in [1.807, 2.05) is 68.2 Å². The summed E-state index contributed by atoms with van der Waals surface area (Å²) in [6.07, 6.45) is -0.387. The van der Waals surface area contributed by atoms with Crippen LogP contribution in [-0.2, 0) is 0 Å². The minimum atomic E-state index is -0.387. The Labute approximate surface area is 155 Å². The Morgan fingerprint density at radius 2 is 1.23 bits per heavy atom. The van der Waals surface area contributed by atoms with Gasteiger partial charge >= 0.3 is 0 Å². The van der Waals surface area contributed by atoms with Crippen LogP contribution in [-0.4, -0.2) is 19.6 Å². The first-order chi connectivity index (χ1) is 12.2. The number of aromatic nitrogens is 4. The van der Waals surface area contributed by atoms with E-state index in [4.69, 9.17) is 0 Å². The average molecular weight is 351 g/mol. The molecule has 3 aromatic rings. The molecule has 0 fully saturated rings. The minimum Gasteiger partial charge on any atom is -0.872 e. The minimum absolute atomic E-state index is 0.0794.